The molecule has 0 aliphatic heterocycles. The molecule has 1 aromatic carbocycles. The average molecular weight is 173 g/mol. The summed E-state index contributed by atoms with van der Waals surface area (Å²) in [7, 11) is 0. The van der Waals surface area contributed by atoms with Crippen LogP contribution in [0.4, 0.5) is 0 Å². The fraction of sp³-hybridized carbons (Fsp3) is 0.250. The maximum atomic E-state index is 5.82. The summed E-state index contributed by atoms with van der Waals surface area (Å²) in [6.45, 7) is 2.10. The molecular formula is C8H9ClS. The van der Waals surface area contributed by atoms with Gasteiger partial charge in [0.05, 0.1) is 5.02 Å². The Morgan fingerprint density at radius 2 is 2.20 bits per heavy atom. The average Bonchev–Trinajstić information content (AvgIpc) is 1.95. The van der Waals surface area contributed by atoms with Gasteiger partial charge in [0, 0.05) is 4.90 Å². The van der Waals surface area contributed by atoms with E-state index in [1.165, 1.54) is 5.56 Å². The predicted octanol–water partition coefficient (Wildman–Crippen LogP) is 3.19. The van der Waals surface area contributed by atoms with Crippen LogP contribution in [-0.2, 0) is 6.42 Å². The molecule has 54 valence electrons. The van der Waals surface area contributed by atoms with Gasteiger partial charge in [-0.15, -0.1) is 12.6 Å². The zero-order chi connectivity index (χ0) is 7.56. The lowest BCUT2D eigenvalue weighted by Gasteiger charge is -1.98. The first kappa shape index (κ1) is 7.96. The number of hydrogen-bond donors (Lipinski definition) is 1. The third kappa shape index (κ3) is 1.68. The zero-order valence-corrected chi connectivity index (χ0v) is 7.41. The highest BCUT2D eigenvalue weighted by molar-refractivity contribution is 7.80. The van der Waals surface area contributed by atoms with Crippen molar-refractivity contribution in [2.75, 3.05) is 0 Å². The van der Waals surface area contributed by atoms with Crippen molar-refractivity contribution in [2.45, 2.75) is 18.2 Å². The summed E-state index contributed by atoms with van der Waals surface area (Å²) in [5, 5.41) is 0.739. The molecule has 0 nitrogen and oxygen atoms in total. The van der Waals surface area contributed by atoms with Gasteiger partial charge in [-0.3, -0.25) is 0 Å². The molecule has 0 N–H and O–H groups in total. The van der Waals surface area contributed by atoms with E-state index in [-0.39, 0.29) is 0 Å². The maximum Gasteiger partial charge on any atom is 0.0541 e. The third-order valence-electron chi connectivity index (χ3n) is 1.42. The molecule has 0 unspecified atom stereocenters. The molecule has 0 aromatic heterocycles. The second-order valence-electron chi connectivity index (χ2n) is 2.14. The summed E-state index contributed by atoms with van der Waals surface area (Å²) in [6.07, 6.45) is 1.02. The highest BCUT2D eigenvalue weighted by Gasteiger charge is 1.94. The minimum atomic E-state index is 0.739. The van der Waals surface area contributed by atoms with E-state index in [9.17, 15) is 0 Å². The number of hydrogen-bond acceptors (Lipinski definition) is 1. The number of benzene rings is 1. The number of thiol groups is 1. The Labute approximate surface area is 71.6 Å². The number of halogens is 1. The predicted molar refractivity (Wildman–Crippen MR) is 48.1 cm³/mol. The Morgan fingerprint density at radius 3 is 2.70 bits per heavy atom. The van der Waals surface area contributed by atoms with E-state index in [0.717, 1.165) is 16.3 Å². The highest BCUT2D eigenvalue weighted by Crippen LogP contribution is 2.20. The fourth-order valence-corrected chi connectivity index (χ4v) is 1.11. The number of aryl methyl sites for hydroxylation is 1. The SMILES string of the molecule is CCc1ccc(S)c(Cl)c1. The van der Waals surface area contributed by atoms with Crippen molar-refractivity contribution in [1.82, 2.24) is 0 Å². The maximum absolute atomic E-state index is 5.82. The lowest BCUT2D eigenvalue weighted by atomic mass is 10.2. The van der Waals surface area contributed by atoms with Crippen molar-refractivity contribution in [1.29, 1.82) is 0 Å². The summed E-state index contributed by atoms with van der Waals surface area (Å²) in [6, 6.07) is 5.91. The Balaban J connectivity index is 3.04. The zero-order valence-electron chi connectivity index (χ0n) is 5.76. The van der Waals surface area contributed by atoms with E-state index >= 15 is 0 Å². The molecule has 0 radical (unpaired) electrons. The topological polar surface area (TPSA) is 0 Å². The molecule has 0 fully saturated rings. The molecule has 0 amide bonds. The molecule has 0 atom stereocenters. The monoisotopic (exact) mass is 172 g/mol. The number of rotatable bonds is 1. The van der Waals surface area contributed by atoms with Gasteiger partial charge in [-0.05, 0) is 24.1 Å². The van der Waals surface area contributed by atoms with E-state index < -0.39 is 0 Å². The second kappa shape index (κ2) is 3.31. The van der Waals surface area contributed by atoms with Crippen molar-refractivity contribution in [3.8, 4) is 0 Å². The normalized spacial score (nSPS) is 9.90. The van der Waals surface area contributed by atoms with E-state index in [4.69, 9.17) is 11.6 Å². The van der Waals surface area contributed by atoms with Crippen LogP contribution in [0.5, 0.6) is 0 Å². The van der Waals surface area contributed by atoms with Crippen molar-refractivity contribution in [3.05, 3.63) is 28.8 Å². The third-order valence-corrected chi connectivity index (χ3v) is 2.25. The minimum absolute atomic E-state index is 0.739. The molecule has 0 bridgehead atoms. The molecule has 2 heteroatoms. The van der Waals surface area contributed by atoms with Crippen LogP contribution in [0.1, 0.15) is 12.5 Å². The van der Waals surface area contributed by atoms with Crippen molar-refractivity contribution in [2.24, 2.45) is 0 Å². The molecule has 0 saturated heterocycles. The van der Waals surface area contributed by atoms with Gasteiger partial charge in [-0.25, -0.2) is 0 Å². The van der Waals surface area contributed by atoms with Crippen LogP contribution < -0.4 is 0 Å². The quantitative estimate of drug-likeness (QED) is 0.618. The summed E-state index contributed by atoms with van der Waals surface area (Å²) in [5.41, 5.74) is 1.25. The first-order chi connectivity index (χ1) is 4.74. The van der Waals surface area contributed by atoms with E-state index in [1.807, 2.05) is 18.2 Å². The smallest absolute Gasteiger partial charge is 0.0541 e. The molecule has 0 aliphatic rings. The van der Waals surface area contributed by atoms with E-state index in [0.29, 0.717) is 0 Å². The first-order valence-electron chi connectivity index (χ1n) is 3.21. The van der Waals surface area contributed by atoms with Crippen LogP contribution in [0.3, 0.4) is 0 Å². The summed E-state index contributed by atoms with van der Waals surface area (Å²) >= 11 is 9.97. The fourth-order valence-electron chi connectivity index (χ4n) is 0.770. The Morgan fingerprint density at radius 1 is 1.50 bits per heavy atom. The van der Waals surface area contributed by atoms with Crippen LogP contribution in [-0.4, -0.2) is 0 Å². The van der Waals surface area contributed by atoms with Gasteiger partial charge >= 0.3 is 0 Å². The molecule has 1 aromatic rings. The van der Waals surface area contributed by atoms with Crippen LogP contribution in [0.25, 0.3) is 0 Å². The van der Waals surface area contributed by atoms with Crippen molar-refractivity contribution < 1.29 is 0 Å². The summed E-state index contributed by atoms with van der Waals surface area (Å²) in [4.78, 5) is 0.846. The van der Waals surface area contributed by atoms with Gasteiger partial charge in [-0.1, -0.05) is 24.6 Å². The standard InChI is InChI=1S/C8H9ClS/c1-2-6-3-4-8(10)7(9)5-6/h3-5,10H,2H2,1H3. The van der Waals surface area contributed by atoms with Gasteiger partial charge in [-0.2, -0.15) is 0 Å². The first-order valence-corrected chi connectivity index (χ1v) is 4.04. The highest BCUT2D eigenvalue weighted by atomic mass is 35.5. The van der Waals surface area contributed by atoms with Crippen LogP contribution in [0, 0.1) is 0 Å². The van der Waals surface area contributed by atoms with Crippen LogP contribution in [0.15, 0.2) is 23.1 Å². The molecule has 0 aliphatic carbocycles. The molecular weight excluding hydrogens is 164 g/mol. The lowest BCUT2D eigenvalue weighted by Crippen LogP contribution is -1.78. The summed E-state index contributed by atoms with van der Waals surface area (Å²) in [5.74, 6) is 0. The molecule has 1 rings (SSSR count). The van der Waals surface area contributed by atoms with Crippen molar-refractivity contribution >= 4 is 24.2 Å². The Kier molecular flexibility index (Phi) is 2.64. The molecule has 0 spiro atoms. The lowest BCUT2D eigenvalue weighted by molar-refractivity contribution is 1.13. The van der Waals surface area contributed by atoms with Crippen molar-refractivity contribution in [3.63, 3.8) is 0 Å². The van der Waals surface area contributed by atoms with Crippen LogP contribution in [0.2, 0.25) is 5.02 Å². The van der Waals surface area contributed by atoms with E-state index in [1.54, 1.807) is 0 Å². The molecule has 0 saturated carbocycles. The Bertz CT molecular complexity index is 233. The molecule has 0 heterocycles. The van der Waals surface area contributed by atoms with Gasteiger partial charge in [0.25, 0.3) is 0 Å². The summed E-state index contributed by atoms with van der Waals surface area (Å²) < 4.78 is 0. The van der Waals surface area contributed by atoms with Gasteiger partial charge in [0.15, 0.2) is 0 Å². The van der Waals surface area contributed by atoms with Gasteiger partial charge < -0.3 is 0 Å². The minimum Gasteiger partial charge on any atom is -0.142 e. The van der Waals surface area contributed by atoms with Crippen LogP contribution >= 0.6 is 24.2 Å². The van der Waals surface area contributed by atoms with E-state index in [2.05, 4.69) is 19.6 Å². The van der Waals surface area contributed by atoms with Gasteiger partial charge in [0.2, 0.25) is 0 Å². The second-order valence-corrected chi connectivity index (χ2v) is 3.03. The molecule has 10 heavy (non-hydrogen) atoms. The Hall–Kier alpha value is -0.140. The van der Waals surface area contributed by atoms with Gasteiger partial charge in [0.1, 0.15) is 0 Å². The largest absolute Gasteiger partial charge is 0.142 e.